The molecular weight excluding hydrogens is 174 g/mol. The zero-order valence-electron chi connectivity index (χ0n) is 6.79. The number of rotatable bonds is 1. The molecule has 4 N–H and O–H groups in total. The predicted molar refractivity (Wildman–Crippen MR) is 51.4 cm³/mol. The third-order valence-electron chi connectivity index (χ3n) is 2.02. The van der Waals surface area contributed by atoms with Crippen LogP contribution in [-0.2, 0) is 0 Å². The van der Waals surface area contributed by atoms with Crippen LogP contribution in [0.25, 0.3) is 0 Å². The van der Waals surface area contributed by atoms with Gasteiger partial charge in [-0.05, 0) is 31.5 Å². The molecule has 1 aliphatic carbocycles. The molecule has 0 spiro atoms. The quantitative estimate of drug-likeness (QED) is 0.319. The molecule has 0 radical (unpaired) electrons. The van der Waals surface area contributed by atoms with Crippen molar-refractivity contribution in [3.8, 4) is 0 Å². The monoisotopic (exact) mass is 187 g/mol. The molecule has 1 fully saturated rings. The SMILES string of the molecule is NC(=S)NC1CCCC/C1=N/O. The summed E-state index contributed by atoms with van der Waals surface area (Å²) < 4.78 is 0. The van der Waals surface area contributed by atoms with Gasteiger partial charge in [-0.3, -0.25) is 0 Å². The van der Waals surface area contributed by atoms with E-state index in [1.165, 1.54) is 0 Å². The average molecular weight is 187 g/mol. The van der Waals surface area contributed by atoms with Crippen molar-refractivity contribution in [1.29, 1.82) is 0 Å². The third kappa shape index (κ3) is 2.34. The number of nitrogens with zero attached hydrogens (tertiary/aromatic N) is 1. The Morgan fingerprint density at radius 3 is 3.00 bits per heavy atom. The van der Waals surface area contributed by atoms with Crippen LogP contribution in [-0.4, -0.2) is 22.1 Å². The Kier molecular flexibility index (Phi) is 3.28. The Labute approximate surface area is 76.8 Å². The molecule has 0 heterocycles. The van der Waals surface area contributed by atoms with Crippen molar-refractivity contribution in [2.75, 3.05) is 0 Å². The molecule has 1 aliphatic rings. The summed E-state index contributed by atoms with van der Waals surface area (Å²) in [5, 5.41) is 15.0. The van der Waals surface area contributed by atoms with Crippen molar-refractivity contribution in [3.05, 3.63) is 0 Å². The lowest BCUT2D eigenvalue weighted by Crippen LogP contribution is -2.44. The Balaban J connectivity index is 2.53. The number of oxime groups is 1. The number of nitrogens with two attached hydrogens (primary N) is 1. The summed E-state index contributed by atoms with van der Waals surface area (Å²) in [6.45, 7) is 0. The zero-order valence-corrected chi connectivity index (χ0v) is 7.60. The van der Waals surface area contributed by atoms with Crippen molar-refractivity contribution in [3.63, 3.8) is 0 Å². The first-order valence-electron chi connectivity index (χ1n) is 4.01. The highest BCUT2D eigenvalue weighted by atomic mass is 32.1. The minimum absolute atomic E-state index is 0.0428. The Morgan fingerprint density at radius 2 is 2.42 bits per heavy atom. The smallest absolute Gasteiger partial charge is 0.164 e. The van der Waals surface area contributed by atoms with E-state index in [4.69, 9.17) is 23.2 Å². The third-order valence-corrected chi connectivity index (χ3v) is 2.14. The standard InChI is InChI=1S/C7H13N3OS/c8-7(12)9-5-3-1-2-4-6(5)10-11/h5,11H,1-4H2,(H3,8,9,12)/b10-6-. The normalized spacial score (nSPS) is 27.0. The Bertz CT molecular complexity index is 205. The molecule has 0 bridgehead atoms. The average Bonchev–Trinajstić information content (AvgIpc) is 2.04. The molecule has 0 amide bonds. The van der Waals surface area contributed by atoms with Crippen LogP contribution in [0.3, 0.4) is 0 Å². The minimum Gasteiger partial charge on any atom is -0.411 e. The van der Waals surface area contributed by atoms with Crippen LogP contribution in [0, 0.1) is 0 Å². The van der Waals surface area contributed by atoms with Crippen LogP contribution in [0.5, 0.6) is 0 Å². The number of thiocarbonyl (C=S) groups is 1. The van der Waals surface area contributed by atoms with Gasteiger partial charge in [0.1, 0.15) is 0 Å². The summed E-state index contributed by atoms with van der Waals surface area (Å²) in [7, 11) is 0. The number of hydrogen-bond donors (Lipinski definition) is 3. The Morgan fingerprint density at radius 1 is 1.67 bits per heavy atom. The lowest BCUT2D eigenvalue weighted by molar-refractivity contribution is 0.311. The van der Waals surface area contributed by atoms with Crippen LogP contribution >= 0.6 is 12.2 Å². The highest BCUT2D eigenvalue weighted by molar-refractivity contribution is 7.80. The van der Waals surface area contributed by atoms with Gasteiger partial charge in [0.25, 0.3) is 0 Å². The first-order valence-corrected chi connectivity index (χ1v) is 4.41. The van der Waals surface area contributed by atoms with E-state index >= 15 is 0 Å². The lowest BCUT2D eigenvalue weighted by Gasteiger charge is -2.23. The maximum Gasteiger partial charge on any atom is 0.164 e. The van der Waals surface area contributed by atoms with Crippen LogP contribution < -0.4 is 11.1 Å². The molecule has 1 saturated carbocycles. The molecule has 4 nitrogen and oxygen atoms in total. The summed E-state index contributed by atoms with van der Waals surface area (Å²) in [6.07, 6.45) is 3.97. The van der Waals surface area contributed by atoms with Crippen LogP contribution in [0.15, 0.2) is 5.16 Å². The van der Waals surface area contributed by atoms with E-state index in [1.54, 1.807) is 0 Å². The largest absolute Gasteiger partial charge is 0.411 e. The van der Waals surface area contributed by atoms with Crippen LogP contribution in [0.4, 0.5) is 0 Å². The van der Waals surface area contributed by atoms with Crippen molar-refractivity contribution in [2.24, 2.45) is 10.9 Å². The van der Waals surface area contributed by atoms with E-state index in [0.29, 0.717) is 0 Å². The topological polar surface area (TPSA) is 70.6 Å². The first kappa shape index (κ1) is 9.25. The summed E-state index contributed by atoms with van der Waals surface area (Å²) >= 11 is 4.71. The molecule has 0 saturated heterocycles. The molecule has 0 aromatic rings. The number of hydrogen-bond acceptors (Lipinski definition) is 3. The highest BCUT2D eigenvalue weighted by Crippen LogP contribution is 2.15. The zero-order chi connectivity index (χ0) is 8.97. The fraction of sp³-hybridized carbons (Fsp3) is 0.714. The summed E-state index contributed by atoms with van der Waals surface area (Å²) in [6, 6.07) is 0.0428. The first-order chi connectivity index (χ1) is 5.74. The Hall–Kier alpha value is -0.840. The van der Waals surface area contributed by atoms with Gasteiger partial charge in [-0.15, -0.1) is 0 Å². The summed E-state index contributed by atoms with van der Waals surface area (Å²) in [5.41, 5.74) is 6.08. The van der Waals surface area contributed by atoms with Crippen molar-refractivity contribution in [1.82, 2.24) is 5.32 Å². The summed E-state index contributed by atoms with van der Waals surface area (Å²) in [4.78, 5) is 0. The molecule has 1 atom stereocenters. The van der Waals surface area contributed by atoms with Gasteiger partial charge < -0.3 is 16.3 Å². The molecule has 12 heavy (non-hydrogen) atoms. The van der Waals surface area contributed by atoms with Crippen molar-refractivity contribution < 1.29 is 5.21 Å². The van der Waals surface area contributed by atoms with Gasteiger partial charge in [-0.1, -0.05) is 11.6 Å². The van der Waals surface area contributed by atoms with Crippen LogP contribution in [0.2, 0.25) is 0 Å². The van der Waals surface area contributed by atoms with Gasteiger partial charge in [-0.2, -0.15) is 0 Å². The maximum atomic E-state index is 8.64. The van der Waals surface area contributed by atoms with E-state index < -0.39 is 0 Å². The van der Waals surface area contributed by atoms with Gasteiger partial charge in [0.2, 0.25) is 0 Å². The minimum atomic E-state index is 0.0428. The summed E-state index contributed by atoms with van der Waals surface area (Å²) in [5.74, 6) is 0. The molecule has 0 aliphatic heterocycles. The molecular formula is C7H13N3OS. The lowest BCUT2D eigenvalue weighted by atomic mass is 9.93. The molecule has 1 rings (SSSR count). The fourth-order valence-electron chi connectivity index (χ4n) is 1.44. The van der Waals surface area contributed by atoms with Crippen molar-refractivity contribution >= 4 is 23.0 Å². The molecule has 0 aromatic heterocycles. The maximum absolute atomic E-state index is 8.64. The molecule has 1 unspecified atom stereocenters. The molecule has 5 heteroatoms. The second kappa shape index (κ2) is 4.25. The molecule has 0 aromatic carbocycles. The van der Waals surface area contributed by atoms with Gasteiger partial charge in [0.05, 0.1) is 11.8 Å². The van der Waals surface area contributed by atoms with Gasteiger partial charge in [0, 0.05) is 0 Å². The van der Waals surface area contributed by atoms with Crippen LogP contribution in [0.1, 0.15) is 25.7 Å². The van der Waals surface area contributed by atoms with Gasteiger partial charge in [0.15, 0.2) is 5.11 Å². The highest BCUT2D eigenvalue weighted by Gasteiger charge is 2.20. The van der Waals surface area contributed by atoms with Gasteiger partial charge in [-0.25, -0.2) is 0 Å². The van der Waals surface area contributed by atoms with E-state index in [9.17, 15) is 0 Å². The van der Waals surface area contributed by atoms with E-state index in [-0.39, 0.29) is 11.2 Å². The molecule has 68 valence electrons. The van der Waals surface area contributed by atoms with Crippen molar-refractivity contribution in [2.45, 2.75) is 31.7 Å². The predicted octanol–water partition coefficient (Wildman–Crippen LogP) is 0.592. The second-order valence-corrected chi connectivity index (χ2v) is 3.34. The number of nitrogens with one attached hydrogen (secondary N) is 1. The van der Waals surface area contributed by atoms with Gasteiger partial charge >= 0.3 is 0 Å². The second-order valence-electron chi connectivity index (χ2n) is 2.90. The van der Waals surface area contributed by atoms with E-state index in [1.807, 2.05) is 0 Å². The fourth-order valence-corrected chi connectivity index (χ4v) is 1.58. The van der Waals surface area contributed by atoms with E-state index in [2.05, 4.69) is 10.5 Å². The van der Waals surface area contributed by atoms with E-state index in [0.717, 1.165) is 31.4 Å².